The molecule has 3 N–H and O–H groups in total. The Kier molecular flexibility index (Phi) is 1.87. The number of hydrogen-bond acceptors (Lipinski definition) is 3. The van der Waals surface area contributed by atoms with Crippen LogP contribution in [-0.2, 0) is 6.42 Å². The van der Waals surface area contributed by atoms with Gasteiger partial charge in [-0.25, -0.2) is 9.97 Å². The van der Waals surface area contributed by atoms with Gasteiger partial charge in [0.05, 0.1) is 5.52 Å². The summed E-state index contributed by atoms with van der Waals surface area (Å²) in [6.45, 7) is 0. The van der Waals surface area contributed by atoms with Crippen LogP contribution in [0.15, 0.2) is 12.1 Å². The van der Waals surface area contributed by atoms with Crippen LogP contribution in [0.4, 0.5) is 5.82 Å². The van der Waals surface area contributed by atoms with Crippen LogP contribution in [0.2, 0.25) is 0 Å². The number of H-pyrrole nitrogens is 1. The Morgan fingerprint density at radius 2 is 2.20 bits per heavy atom. The van der Waals surface area contributed by atoms with Crippen LogP contribution < -0.4 is 5.73 Å². The molecule has 1 fully saturated rings. The summed E-state index contributed by atoms with van der Waals surface area (Å²) in [4.78, 5) is 11.9. The maximum absolute atomic E-state index is 5.61. The average molecular weight is 202 g/mol. The molecule has 4 heteroatoms. The number of pyridine rings is 1. The smallest absolute Gasteiger partial charge is 0.179 e. The number of nitrogens with zero attached hydrogens (tertiary/aromatic N) is 2. The molecule has 2 aromatic heterocycles. The number of hydrogen-bond donors (Lipinski definition) is 2. The van der Waals surface area contributed by atoms with Crippen LogP contribution in [0.5, 0.6) is 0 Å². The molecule has 15 heavy (non-hydrogen) atoms. The zero-order valence-corrected chi connectivity index (χ0v) is 8.53. The van der Waals surface area contributed by atoms with Crippen LogP contribution in [0.25, 0.3) is 11.2 Å². The van der Waals surface area contributed by atoms with Crippen LogP contribution in [-0.4, -0.2) is 15.0 Å². The summed E-state index contributed by atoms with van der Waals surface area (Å²) >= 11 is 0. The fourth-order valence-electron chi connectivity index (χ4n) is 2.02. The van der Waals surface area contributed by atoms with Crippen molar-refractivity contribution in [1.29, 1.82) is 0 Å². The number of imidazole rings is 1. The Morgan fingerprint density at radius 1 is 1.33 bits per heavy atom. The second kappa shape index (κ2) is 3.22. The van der Waals surface area contributed by atoms with E-state index in [-0.39, 0.29) is 0 Å². The Labute approximate surface area is 87.9 Å². The standard InChI is InChI=1S/C11H14N4/c12-9-5-4-8-11(14-9)15-10(13-8)6-7-2-1-3-7/h4-5,7H,1-3,6H2,(H3,12,13,14,15). The van der Waals surface area contributed by atoms with E-state index in [0.29, 0.717) is 5.82 Å². The zero-order valence-electron chi connectivity index (χ0n) is 8.53. The number of nitrogens with one attached hydrogen (secondary N) is 1. The summed E-state index contributed by atoms with van der Waals surface area (Å²) < 4.78 is 0. The molecule has 0 atom stereocenters. The van der Waals surface area contributed by atoms with E-state index in [9.17, 15) is 0 Å². The van der Waals surface area contributed by atoms with Crippen molar-refractivity contribution < 1.29 is 0 Å². The first-order valence-electron chi connectivity index (χ1n) is 5.42. The minimum atomic E-state index is 0.532. The lowest BCUT2D eigenvalue weighted by atomic mass is 9.83. The largest absolute Gasteiger partial charge is 0.384 e. The number of anilines is 1. The Hall–Kier alpha value is -1.58. The van der Waals surface area contributed by atoms with E-state index in [1.807, 2.05) is 6.07 Å². The van der Waals surface area contributed by atoms with Gasteiger partial charge in [0, 0.05) is 6.42 Å². The van der Waals surface area contributed by atoms with E-state index in [0.717, 1.165) is 29.3 Å². The molecule has 0 spiro atoms. The topological polar surface area (TPSA) is 67.6 Å². The maximum atomic E-state index is 5.61. The van der Waals surface area contributed by atoms with Gasteiger partial charge in [-0.2, -0.15) is 0 Å². The fourth-order valence-corrected chi connectivity index (χ4v) is 2.02. The summed E-state index contributed by atoms with van der Waals surface area (Å²) in [6.07, 6.45) is 5.10. The monoisotopic (exact) mass is 202 g/mol. The normalized spacial score (nSPS) is 16.8. The van der Waals surface area contributed by atoms with Crippen molar-refractivity contribution in [2.45, 2.75) is 25.7 Å². The molecule has 4 nitrogen and oxygen atoms in total. The highest BCUT2D eigenvalue weighted by molar-refractivity contribution is 5.72. The van der Waals surface area contributed by atoms with E-state index in [2.05, 4.69) is 15.0 Å². The Morgan fingerprint density at radius 3 is 2.93 bits per heavy atom. The molecule has 1 aliphatic carbocycles. The van der Waals surface area contributed by atoms with Gasteiger partial charge in [-0.1, -0.05) is 19.3 Å². The lowest BCUT2D eigenvalue weighted by Crippen LogP contribution is -2.14. The summed E-state index contributed by atoms with van der Waals surface area (Å²) in [6, 6.07) is 3.74. The minimum Gasteiger partial charge on any atom is -0.384 e. The zero-order chi connectivity index (χ0) is 10.3. The van der Waals surface area contributed by atoms with E-state index in [1.165, 1.54) is 19.3 Å². The first kappa shape index (κ1) is 8.71. The molecule has 0 bridgehead atoms. The van der Waals surface area contributed by atoms with E-state index in [4.69, 9.17) is 5.73 Å². The number of aromatic nitrogens is 3. The molecule has 0 unspecified atom stereocenters. The SMILES string of the molecule is Nc1ccc2[nH]c(CC3CCC3)nc2n1. The van der Waals surface area contributed by atoms with Crippen molar-refractivity contribution in [3.63, 3.8) is 0 Å². The number of nitrogen functional groups attached to an aromatic ring is 1. The van der Waals surface area contributed by atoms with Crippen LogP contribution in [0, 0.1) is 5.92 Å². The predicted molar refractivity (Wildman–Crippen MR) is 59.3 cm³/mol. The molecule has 2 heterocycles. The van der Waals surface area contributed by atoms with Gasteiger partial charge in [-0.05, 0) is 18.1 Å². The van der Waals surface area contributed by atoms with Crippen LogP contribution in [0.3, 0.4) is 0 Å². The summed E-state index contributed by atoms with van der Waals surface area (Å²) in [5.41, 5.74) is 7.33. The molecule has 3 rings (SSSR count). The molecule has 2 aromatic rings. The van der Waals surface area contributed by atoms with E-state index in [1.54, 1.807) is 6.07 Å². The highest BCUT2D eigenvalue weighted by Gasteiger charge is 2.19. The Bertz CT molecular complexity index is 484. The number of nitrogens with two attached hydrogens (primary N) is 1. The van der Waals surface area contributed by atoms with Crippen LogP contribution >= 0.6 is 0 Å². The van der Waals surface area contributed by atoms with Gasteiger partial charge in [0.2, 0.25) is 0 Å². The highest BCUT2D eigenvalue weighted by atomic mass is 15.0. The quantitative estimate of drug-likeness (QED) is 0.781. The molecule has 0 amide bonds. The third-order valence-electron chi connectivity index (χ3n) is 3.12. The lowest BCUT2D eigenvalue weighted by molar-refractivity contribution is 0.310. The molecule has 1 saturated carbocycles. The number of rotatable bonds is 2. The van der Waals surface area contributed by atoms with Gasteiger partial charge in [-0.3, -0.25) is 0 Å². The van der Waals surface area contributed by atoms with Gasteiger partial charge in [0.25, 0.3) is 0 Å². The summed E-state index contributed by atoms with van der Waals surface area (Å²) in [5, 5.41) is 0. The van der Waals surface area contributed by atoms with E-state index >= 15 is 0 Å². The third kappa shape index (κ3) is 1.56. The van der Waals surface area contributed by atoms with Gasteiger partial charge in [0.1, 0.15) is 11.6 Å². The molecule has 0 saturated heterocycles. The number of aromatic amines is 1. The van der Waals surface area contributed by atoms with Crippen LogP contribution in [0.1, 0.15) is 25.1 Å². The van der Waals surface area contributed by atoms with Gasteiger partial charge in [-0.15, -0.1) is 0 Å². The van der Waals surface area contributed by atoms with Crippen molar-refractivity contribution in [3.8, 4) is 0 Å². The molecule has 0 radical (unpaired) electrons. The number of fused-ring (bicyclic) bond motifs is 1. The van der Waals surface area contributed by atoms with Crippen molar-refractivity contribution in [3.05, 3.63) is 18.0 Å². The van der Waals surface area contributed by atoms with Gasteiger partial charge >= 0.3 is 0 Å². The minimum absolute atomic E-state index is 0.532. The van der Waals surface area contributed by atoms with Crippen molar-refractivity contribution >= 4 is 17.0 Å². The predicted octanol–water partition coefficient (Wildman–Crippen LogP) is 1.88. The molecule has 0 aromatic carbocycles. The second-order valence-corrected chi connectivity index (χ2v) is 4.29. The molecule has 0 aliphatic heterocycles. The van der Waals surface area contributed by atoms with Gasteiger partial charge < -0.3 is 10.7 Å². The highest BCUT2D eigenvalue weighted by Crippen LogP contribution is 2.29. The fraction of sp³-hybridized carbons (Fsp3) is 0.455. The first-order chi connectivity index (χ1) is 7.31. The first-order valence-corrected chi connectivity index (χ1v) is 5.42. The lowest BCUT2D eigenvalue weighted by Gasteiger charge is -2.23. The Balaban J connectivity index is 1.91. The summed E-state index contributed by atoms with van der Waals surface area (Å²) in [5.74, 6) is 2.40. The molecular formula is C11H14N4. The van der Waals surface area contributed by atoms with Gasteiger partial charge in [0.15, 0.2) is 5.65 Å². The molecular weight excluding hydrogens is 188 g/mol. The van der Waals surface area contributed by atoms with Crippen molar-refractivity contribution in [1.82, 2.24) is 15.0 Å². The molecule has 78 valence electrons. The second-order valence-electron chi connectivity index (χ2n) is 4.29. The van der Waals surface area contributed by atoms with Crippen molar-refractivity contribution in [2.75, 3.05) is 5.73 Å². The van der Waals surface area contributed by atoms with Crippen molar-refractivity contribution in [2.24, 2.45) is 5.92 Å². The average Bonchev–Trinajstić information content (AvgIpc) is 2.53. The van der Waals surface area contributed by atoms with E-state index < -0.39 is 0 Å². The maximum Gasteiger partial charge on any atom is 0.179 e. The molecule has 1 aliphatic rings. The summed E-state index contributed by atoms with van der Waals surface area (Å²) in [7, 11) is 0. The third-order valence-corrected chi connectivity index (χ3v) is 3.12.